The lowest BCUT2D eigenvalue weighted by atomic mass is 9.82. The van der Waals surface area contributed by atoms with Crippen LogP contribution in [0.5, 0.6) is 0 Å². The van der Waals surface area contributed by atoms with Crippen LogP contribution in [0, 0.1) is 17.8 Å². The standard InChI is InChI=1S/C30H49N3O7S/c1-8-12-27(36)40-18-33(24(19(3)4)16-26(35)28-31-22(17-41-28)30(38)39-7)29(37)21(20(5)9-2)15-25(34)23-13-10-11-14-32(23)6/h17,19-21,23-24,26,35H,8-16,18H2,1-7H3/t20-,21-,23?,24+,26+/m0/s1. The van der Waals surface area contributed by atoms with E-state index in [1.165, 1.54) is 17.4 Å². The fraction of sp³-hybridized carbons (Fsp3) is 0.767. The summed E-state index contributed by atoms with van der Waals surface area (Å²) in [5.74, 6) is -1.97. The van der Waals surface area contributed by atoms with Gasteiger partial charge in [0.2, 0.25) is 5.91 Å². The predicted octanol–water partition coefficient (Wildman–Crippen LogP) is 4.61. The third kappa shape index (κ3) is 9.85. The molecule has 1 saturated heterocycles. The molecule has 1 aromatic heterocycles. The molecule has 0 saturated carbocycles. The van der Waals surface area contributed by atoms with Gasteiger partial charge in [0.25, 0.3) is 0 Å². The molecule has 10 nitrogen and oxygen atoms in total. The van der Waals surface area contributed by atoms with E-state index >= 15 is 0 Å². The number of aliphatic hydroxyl groups excluding tert-OH is 1. The summed E-state index contributed by atoms with van der Waals surface area (Å²) in [5.41, 5.74) is 0.108. The summed E-state index contributed by atoms with van der Waals surface area (Å²) in [6.07, 6.45) is 3.56. The zero-order valence-electron chi connectivity index (χ0n) is 25.8. The lowest BCUT2D eigenvalue weighted by molar-refractivity contribution is -0.160. The van der Waals surface area contributed by atoms with Crippen molar-refractivity contribution < 1.29 is 33.8 Å². The van der Waals surface area contributed by atoms with Gasteiger partial charge in [-0.15, -0.1) is 11.3 Å². The van der Waals surface area contributed by atoms with Gasteiger partial charge < -0.3 is 19.5 Å². The number of thiazole rings is 1. The molecular weight excluding hydrogens is 546 g/mol. The highest BCUT2D eigenvalue weighted by atomic mass is 32.1. The third-order valence-electron chi connectivity index (χ3n) is 8.15. The van der Waals surface area contributed by atoms with Crippen LogP contribution in [-0.4, -0.2) is 83.0 Å². The van der Waals surface area contributed by atoms with Gasteiger partial charge in [-0.2, -0.15) is 0 Å². The van der Waals surface area contributed by atoms with Crippen LogP contribution in [0.4, 0.5) is 0 Å². The van der Waals surface area contributed by atoms with Gasteiger partial charge in [-0.05, 0) is 44.7 Å². The van der Waals surface area contributed by atoms with Crippen molar-refractivity contribution >= 4 is 35.0 Å². The number of Topliss-reactive ketones (excluding diaryl/α,β-unsaturated/α-hetero) is 1. The highest BCUT2D eigenvalue weighted by Crippen LogP contribution is 2.31. The van der Waals surface area contributed by atoms with Crippen molar-refractivity contribution in [3.8, 4) is 0 Å². The first-order chi connectivity index (χ1) is 19.4. The number of methoxy groups -OCH3 is 1. The van der Waals surface area contributed by atoms with Gasteiger partial charge in [0.1, 0.15) is 11.1 Å². The van der Waals surface area contributed by atoms with Crippen LogP contribution in [0.25, 0.3) is 0 Å². The fourth-order valence-corrected chi connectivity index (χ4v) is 6.12. The van der Waals surface area contributed by atoms with Crippen molar-refractivity contribution in [2.24, 2.45) is 17.8 Å². The van der Waals surface area contributed by atoms with Crippen LogP contribution in [-0.2, 0) is 23.9 Å². The number of piperidine rings is 1. The van der Waals surface area contributed by atoms with Gasteiger partial charge in [0.05, 0.1) is 13.2 Å². The average molecular weight is 596 g/mol. The Morgan fingerprint density at radius 3 is 2.49 bits per heavy atom. The SMILES string of the molecule is CCCC(=O)OCN(C(=O)[C@@H](CC(=O)C1CCCCN1C)[C@@H](C)CC)[C@H](C[C@@H](O)c1nc(C(=O)OC)cs1)C(C)C. The summed E-state index contributed by atoms with van der Waals surface area (Å²) in [6.45, 7) is 10.3. The first kappa shape index (κ1) is 34.8. The molecule has 0 aliphatic carbocycles. The first-order valence-corrected chi connectivity index (χ1v) is 15.7. The molecule has 0 aromatic carbocycles. The molecule has 1 N–H and O–H groups in total. The molecule has 41 heavy (non-hydrogen) atoms. The average Bonchev–Trinajstić information content (AvgIpc) is 3.45. The Bertz CT molecular complexity index is 1010. The number of carbonyl (C=O) groups is 4. The van der Waals surface area contributed by atoms with Gasteiger partial charge in [0.15, 0.2) is 18.2 Å². The van der Waals surface area contributed by atoms with E-state index in [2.05, 4.69) is 9.88 Å². The van der Waals surface area contributed by atoms with Gasteiger partial charge in [-0.25, -0.2) is 9.78 Å². The smallest absolute Gasteiger partial charge is 0.357 e. The van der Waals surface area contributed by atoms with Crippen molar-refractivity contribution in [3.05, 3.63) is 16.1 Å². The van der Waals surface area contributed by atoms with E-state index in [1.54, 1.807) is 0 Å². The minimum Gasteiger partial charge on any atom is -0.464 e. The van der Waals surface area contributed by atoms with Crippen molar-refractivity contribution in [1.82, 2.24) is 14.8 Å². The Morgan fingerprint density at radius 2 is 1.90 bits per heavy atom. The number of esters is 2. The normalized spacial score (nSPS) is 18.8. The van der Waals surface area contributed by atoms with Gasteiger partial charge in [-0.1, -0.05) is 47.5 Å². The third-order valence-corrected chi connectivity index (χ3v) is 9.10. The highest BCUT2D eigenvalue weighted by molar-refractivity contribution is 7.09. The maximum absolute atomic E-state index is 14.3. The van der Waals surface area contributed by atoms with Crippen LogP contribution in [0.2, 0.25) is 0 Å². The van der Waals surface area contributed by atoms with Crippen molar-refractivity contribution in [2.45, 2.75) is 104 Å². The summed E-state index contributed by atoms with van der Waals surface area (Å²) in [6, 6.07) is -0.716. The fourth-order valence-electron chi connectivity index (χ4n) is 5.33. The second-order valence-corrected chi connectivity index (χ2v) is 12.4. The Morgan fingerprint density at radius 1 is 1.20 bits per heavy atom. The number of ether oxygens (including phenoxy) is 2. The summed E-state index contributed by atoms with van der Waals surface area (Å²) in [5, 5.41) is 13.0. The largest absolute Gasteiger partial charge is 0.464 e. The van der Waals surface area contributed by atoms with E-state index in [9.17, 15) is 24.3 Å². The quantitative estimate of drug-likeness (QED) is 0.215. The number of likely N-dealkylation sites (tertiary alicyclic amines) is 1. The first-order valence-electron chi connectivity index (χ1n) is 14.9. The van der Waals surface area contributed by atoms with E-state index in [-0.39, 0.29) is 61.3 Å². The van der Waals surface area contributed by atoms with Crippen LogP contribution < -0.4 is 0 Å². The number of rotatable bonds is 16. The molecule has 0 spiro atoms. The molecule has 1 aliphatic heterocycles. The number of ketones is 1. The Hall–Kier alpha value is -2.37. The minimum absolute atomic E-state index is 0.0630. The van der Waals surface area contributed by atoms with Crippen LogP contribution >= 0.6 is 11.3 Å². The molecule has 1 unspecified atom stereocenters. The van der Waals surface area contributed by atoms with Crippen LogP contribution in [0.1, 0.15) is 108 Å². The highest BCUT2D eigenvalue weighted by Gasteiger charge is 2.38. The zero-order chi connectivity index (χ0) is 30.7. The molecular formula is C30H49N3O7S. The summed E-state index contributed by atoms with van der Waals surface area (Å²) in [4.78, 5) is 59.9. The number of amides is 1. The number of hydrogen-bond donors (Lipinski definition) is 1. The second kappa shape index (κ2) is 16.9. The second-order valence-electron chi connectivity index (χ2n) is 11.5. The summed E-state index contributed by atoms with van der Waals surface area (Å²) >= 11 is 1.14. The Balaban J connectivity index is 2.37. The molecule has 2 heterocycles. The van der Waals surface area contributed by atoms with Crippen molar-refractivity contribution in [1.29, 1.82) is 0 Å². The maximum atomic E-state index is 14.3. The van der Waals surface area contributed by atoms with Gasteiger partial charge in [0, 0.05) is 36.6 Å². The topological polar surface area (TPSA) is 126 Å². The van der Waals surface area contributed by atoms with Crippen molar-refractivity contribution in [2.75, 3.05) is 27.4 Å². The molecule has 1 aromatic rings. The monoisotopic (exact) mass is 595 g/mol. The summed E-state index contributed by atoms with van der Waals surface area (Å²) in [7, 11) is 3.22. The van der Waals surface area contributed by atoms with Gasteiger partial charge in [-0.3, -0.25) is 19.3 Å². The molecule has 2 rings (SSSR count). The molecule has 232 valence electrons. The van der Waals surface area contributed by atoms with Gasteiger partial charge >= 0.3 is 11.9 Å². The Kier molecular flexibility index (Phi) is 14.4. The number of hydrogen-bond acceptors (Lipinski definition) is 10. The predicted molar refractivity (Wildman–Crippen MR) is 157 cm³/mol. The minimum atomic E-state index is -1.06. The molecule has 11 heteroatoms. The van der Waals surface area contributed by atoms with Crippen LogP contribution in [0.3, 0.4) is 0 Å². The number of aliphatic hydroxyl groups is 1. The number of likely N-dealkylation sites (N-methyl/N-ethyl adjacent to an activating group) is 1. The van der Waals surface area contributed by atoms with Crippen LogP contribution in [0.15, 0.2) is 5.38 Å². The molecule has 0 bridgehead atoms. The van der Waals surface area contributed by atoms with E-state index in [0.717, 1.165) is 37.1 Å². The zero-order valence-corrected chi connectivity index (χ0v) is 26.6. The van der Waals surface area contributed by atoms with E-state index in [0.29, 0.717) is 17.8 Å². The molecule has 1 fully saturated rings. The number of carbonyl (C=O) groups excluding carboxylic acids is 4. The maximum Gasteiger partial charge on any atom is 0.357 e. The molecule has 0 radical (unpaired) electrons. The van der Waals surface area contributed by atoms with E-state index < -0.39 is 30.0 Å². The molecule has 1 amide bonds. The van der Waals surface area contributed by atoms with Crippen molar-refractivity contribution in [3.63, 3.8) is 0 Å². The number of aromatic nitrogens is 1. The molecule has 1 aliphatic rings. The van der Waals surface area contributed by atoms with E-state index in [1.807, 2.05) is 41.7 Å². The summed E-state index contributed by atoms with van der Waals surface area (Å²) < 4.78 is 10.3. The van der Waals surface area contributed by atoms with E-state index in [4.69, 9.17) is 9.47 Å². The lowest BCUT2D eigenvalue weighted by Crippen LogP contribution is -2.50. The lowest BCUT2D eigenvalue weighted by Gasteiger charge is -2.39. The Labute approximate surface area is 248 Å². The number of nitrogens with zero attached hydrogens (tertiary/aromatic N) is 3. The molecule has 5 atom stereocenters.